The first-order chi connectivity index (χ1) is 7.72. The summed E-state index contributed by atoms with van der Waals surface area (Å²) in [4.78, 5) is 6.92. The minimum absolute atomic E-state index is 0.222. The Hall–Kier alpha value is -0.450. The molecule has 0 aromatic carbocycles. The number of likely N-dealkylation sites (tertiary alicyclic amines) is 1. The third kappa shape index (κ3) is 2.44. The molecule has 2 heterocycles. The number of rotatable bonds is 3. The third-order valence-electron chi connectivity index (χ3n) is 3.11. The molecule has 1 saturated heterocycles. The second kappa shape index (κ2) is 5.25. The van der Waals surface area contributed by atoms with Gasteiger partial charge >= 0.3 is 0 Å². The van der Waals surface area contributed by atoms with Crippen molar-refractivity contribution in [3.8, 4) is 0 Å². The Morgan fingerprint density at radius 1 is 1.56 bits per heavy atom. The summed E-state index contributed by atoms with van der Waals surface area (Å²) in [6.07, 6.45) is 4.09. The van der Waals surface area contributed by atoms with Crippen LogP contribution in [0.1, 0.15) is 31.5 Å². The van der Waals surface area contributed by atoms with E-state index in [2.05, 4.69) is 38.8 Å². The van der Waals surface area contributed by atoms with Crippen molar-refractivity contribution in [3.05, 3.63) is 28.5 Å². The van der Waals surface area contributed by atoms with Crippen molar-refractivity contribution in [2.75, 3.05) is 13.1 Å². The van der Waals surface area contributed by atoms with E-state index in [0.717, 1.165) is 29.7 Å². The molecule has 0 amide bonds. The van der Waals surface area contributed by atoms with Crippen LogP contribution in [0.25, 0.3) is 0 Å². The molecular formula is C12H18BrN3. The molecule has 16 heavy (non-hydrogen) atoms. The van der Waals surface area contributed by atoms with Crippen LogP contribution < -0.4 is 5.73 Å². The van der Waals surface area contributed by atoms with E-state index in [-0.39, 0.29) is 6.04 Å². The zero-order chi connectivity index (χ0) is 11.5. The summed E-state index contributed by atoms with van der Waals surface area (Å²) in [5, 5.41) is 0. The first-order valence-electron chi connectivity index (χ1n) is 5.83. The zero-order valence-corrected chi connectivity index (χ0v) is 11.2. The predicted molar refractivity (Wildman–Crippen MR) is 69.1 cm³/mol. The summed E-state index contributed by atoms with van der Waals surface area (Å²) >= 11 is 3.41. The van der Waals surface area contributed by atoms with E-state index in [1.165, 1.54) is 6.42 Å². The molecule has 0 saturated carbocycles. The van der Waals surface area contributed by atoms with Gasteiger partial charge in [-0.15, -0.1) is 0 Å². The van der Waals surface area contributed by atoms with Gasteiger partial charge in [0, 0.05) is 23.3 Å². The minimum Gasteiger partial charge on any atom is -0.326 e. The number of hydrogen-bond donors (Lipinski definition) is 1. The molecular weight excluding hydrogens is 266 g/mol. The Kier molecular flexibility index (Phi) is 3.95. The minimum atomic E-state index is 0.222. The monoisotopic (exact) mass is 283 g/mol. The maximum atomic E-state index is 6.18. The molecule has 2 rings (SSSR count). The molecule has 2 N–H and O–H groups in total. The zero-order valence-electron chi connectivity index (χ0n) is 9.56. The average Bonchev–Trinajstić information content (AvgIpc) is 2.62. The number of hydrogen-bond acceptors (Lipinski definition) is 3. The van der Waals surface area contributed by atoms with E-state index in [4.69, 9.17) is 5.73 Å². The molecule has 0 aliphatic carbocycles. The van der Waals surface area contributed by atoms with Gasteiger partial charge in [0.25, 0.3) is 0 Å². The fourth-order valence-corrected chi connectivity index (χ4v) is 2.62. The molecule has 1 aliphatic heterocycles. The van der Waals surface area contributed by atoms with E-state index in [9.17, 15) is 0 Å². The second-order valence-corrected chi connectivity index (χ2v) is 5.25. The van der Waals surface area contributed by atoms with Gasteiger partial charge in [0.05, 0.1) is 11.7 Å². The number of pyridine rings is 1. The summed E-state index contributed by atoms with van der Waals surface area (Å²) in [6.45, 7) is 4.41. The molecule has 1 aromatic heterocycles. The summed E-state index contributed by atoms with van der Waals surface area (Å²) < 4.78 is 1.02. The maximum absolute atomic E-state index is 6.18. The molecule has 0 spiro atoms. The predicted octanol–water partition coefficient (Wildman–Crippen LogP) is 2.33. The number of nitrogens with two attached hydrogens (primary N) is 1. The summed E-state index contributed by atoms with van der Waals surface area (Å²) in [5.74, 6) is 0. The van der Waals surface area contributed by atoms with E-state index in [1.54, 1.807) is 0 Å². The molecule has 4 heteroatoms. The second-order valence-electron chi connectivity index (χ2n) is 4.33. The number of aromatic nitrogens is 1. The Bertz CT molecular complexity index is 337. The van der Waals surface area contributed by atoms with Gasteiger partial charge in [0.2, 0.25) is 0 Å². The highest BCUT2D eigenvalue weighted by Crippen LogP contribution is 2.30. The van der Waals surface area contributed by atoms with E-state index >= 15 is 0 Å². The van der Waals surface area contributed by atoms with Crippen LogP contribution in [0.15, 0.2) is 22.8 Å². The van der Waals surface area contributed by atoms with Gasteiger partial charge in [-0.25, -0.2) is 0 Å². The topological polar surface area (TPSA) is 42.1 Å². The number of halogens is 1. The lowest BCUT2D eigenvalue weighted by atomic mass is 10.1. The molecule has 1 fully saturated rings. The SMILES string of the molecule is CCCN1CCC(N)C1c1ccc(Br)cn1. The molecule has 1 aliphatic rings. The van der Waals surface area contributed by atoms with Gasteiger partial charge in [-0.1, -0.05) is 6.92 Å². The number of nitrogens with zero attached hydrogens (tertiary/aromatic N) is 2. The molecule has 1 aromatic rings. The summed E-state index contributed by atoms with van der Waals surface area (Å²) in [5.41, 5.74) is 7.28. The van der Waals surface area contributed by atoms with E-state index in [1.807, 2.05) is 12.3 Å². The molecule has 88 valence electrons. The fraction of sp³-hybridized carbons (Fsp3) is 0.583. The van der Waals surface area contributed by atoms with Gasteiger partial charge in [-0.05, 0) is 47.4 Å². The van der Waals surface area contributed by atoms with E-state index < -0.39 is 0 Å². The highest BCUT2D eigenvalue weighted by atomic mass is 79.9. The van der Waals surface area contributed by atoms with Crippen LogP contribution in [0.3, 0.4) is 0 Å². The normalized spacial score (nSPS) is 26.2. The largest absolute Gasteiger partial charge is 0.326 e. The first-order valence-corrected chi connectivity index (χ1v) is 6.62. The van der Waals surface area contributed by atoms with Crippen LogP contribution in [0, 0.1) is 0 Å². The van der Waals surface area contributed by atoms with Gasteiger partial charge in [-0.3, -0.25) is 9.88 Å². The Balaban J connectivity index is 2.19. The highest BCUT2D eigenvalue weighted by Gasteiger charge is 2.32. The van der Waals surface area contributed by atoms with Gasteiger partial charge in [-0.2, -0.15) is 0 Å². The van der Waals surface area contributed by atoms with Gasteiger partial charge in [0.1, 0.15) is 0 Å². The van der Waals surface area contributed by atoms with Crippen molar-refractivity contribution in [1.82, 2.24) is 9.88 Å². The Morgan fingerprint density at radius 2 is 2.38 bits per heavy atom. The van der Waals surface area contributed by atoms with Crippen molar-refractivity contribution < 1.29 is 0 Å². The lowest BCUT2D eigenvalue weighted by Gasteiger charge is -2.25. The molecule has 2 unspecified atom stereocenters. The van der Waals surface area contributed by atoms with E-state index in [0.29, 0.717) is 6.04 Å². The van der Waals surface area contributed by atoms with Crippen LogP contribution >= 0.6 is 15.9 Å². The molecule has 2 atom stereocenters. The fourth-order valence-electron chi connectivity index (χ4n) is 2.39. The third-order valence-corrected chi connectivity index (χ3v) is 3.58. The first kappa shape index (κ1) is 12.0. The molecule has 0 radical (unpaired) electrons. The quantitative estimate of drug-likeness (QED) is 0.926. The Labute approximate surface area is 105 Å². The van der Waals surface area contributed by atoms with Crippen LogP contribution in [-0.2, 0) is 0 Å². The maximum Gasteiger partial charge on any atom is 0.0674 e. The van der Waals surface area contributed by atoms with Gasteiger partial charge < -0.3 is 5.73 Å². The highest BCUT2D eigenvalue weighted by molar-refractivity contribution is 9.10. The molecule has 0 bridgehead atoms. The average molecular weight is 284 g/mol. The van der Waals surface area contributed by atoms with Crippen LogP contribution in [0.4, 0.5) is 0 Å². The van der Waals surface area contributed by atoms with Crippen molar-refractivity contribution >= 4 is 15.9 Å². The van der Waals surface area contributed by atoms with Crippen LogP contribution in [-0.4, -0.2) is 29.0 Å². The lowest BCUT2D eigenvalue weighted by Crippen LogP contribution is -2.32. The van der Waals surface area contributed by atoms with Crippen molar-refractivity contribution in [2.24, 2.45) is 5.73 Å². The van der Waals surface area contributed by atoms with Crippen LogP contribution in [0.2, 0.25) is 0 Å². The van der Waals surface area contributed by atoms with Crippen LogP contribution in [0.5, 0.6) is 0 Å². The van der Waals surface area contributed by atoms with Crippen molar-refractivity contribution in [3.63, 3.8) is 0 Å². The lowest BCUT2D eigenvalue weighted by molar-refractivity contribution is 0.244. The standard InChI is InChI=1S/C12H18BrN3/c1-2-6-16-7-5-10(14)12(16)11-4-3-9(13)8-15-11/h3-4,8,10,12H,2,5-7,14H2,1H3. The summed E-state index contributed by atoms with van der Waals surface area (Å²) in [7, 11) is 0. The summed E-state index contributed by atoms with van der Waals surface area (Å²) in [6, 6.07) is 4.63. The smallest absolute Gasteiger partial charge is 0.0674 e. The van der Waals surface area contributed by atoms with Gasteiger partial charge in [0.15, 0.2) is 0 Å². The Morgan fingerprint density at radius 3 is 3.00 bits per heavy atom. The molecule has 3 nitrogen and oxygen atoms in total. The van der Waals surface area contributed by atoms with Crippen molar-refractivity contribution in [2.45, 2.75) is 31.8 Å². The van der Waals surface area contributed by atoms with Crippen molar-refractivity contribution in [1.29, 1.82) is 0 Å².